The summed E-state index contributed by atoms with van der Waals surface area (Å²) in [4.78, 5) is 5.96. The molecule has 0 radical (unpaired) electrons. The zero-order chi connectivity index (χ0) is 13.9. The average Bonchev–Trinajstić information content (AvgIpc) is 2.98. The first-order chi connectivity index (χ1) is 9.74. The normalized spacial score (nSPS) is 12.7. The van der Waals surface area contributed by atoms with Crippen LogP contribution in [0.15, 0.2) is 47.8 Å². The van der Waals surface area contributed by atoms with Crippen LogP contribution in [0.2, 0.25) is 0 Å². The van der Waals surface area contributed by atoms with Crippen LogP contribution in [0.5, 0.6) is 0 Å². The molecule has 0 aliphatic carbocycles. The number of thiophene rings is 1. The molecule has 3 rings (SSSR count). The van der Waals surface area contributed by atoms with E-state index in [4.69, 9.17) is 0 Å². The maximum atomic E-state index is 4.59. The molecular weight excluding hydrogens is 264 g/mol. The number of hydrogen-bond donors (Lipinski definition) is 1. The zero-order valence-electron chi connectivity index (χ0n) is 11.8. The molecule has 3 heteroatoms. The van der Waals surface area contributed by atoms with Crippen molar-refractivity contribution in [3.63, 3.8) is 0 Å². The van der Waals surface area contributed by atoms with Crippen LogP contribution in [0.4, 0.5) is 0 Å². The molecule has 2 heterocycles. The van der Waals surface area contributed by atoms with Gasteiger partial charge in [0.25, 0.3) is 0 Å². The highest BCUT2D eigenvalue weighted by Gasteiger charge is 2.08. The Labute approximate surface area is 123 Å². The van der Waals surface area contributed by atoms with Crippen molar-refractivity contribution in [2.75, 3.05) is 0 Å². The van der Waals surface area contributed by atoms with E-state index in [1.807, 2.05) is 6.07 Å². The van der Waals surface area contributed by atoms with Gasteiger partial charge >= 0.3 is 0 Å². The summed E-state index contributed by atoms with van der Waals surface area (Å²) in [6, 6.07) is 15.2. The Hall–Kier alpha value is -1.71. The van der Waals surface area contributed by atoms with Gasteiger partial charge in [0.15, 0.2) is 0 Å². The van der Waals surface area contributed by atoms with Gasteiger partial charge < -0.3 is 5.32 Å². The minimum Gasteiger partial charge on any atom is -0.305 e. The first-order valence-corrected chi connectivity index (χ1v) is 7.74. The molecule has 1 aromatic carbocycles. The smallest absolute Gasteiger partial charge is 0.0708 e. The van der Waals surface area contributed by atoms with Gasteiger partial charge in [-0.3, -0.25) is 4.98 Å². The lowest BCUT2D eigenvalue weighted by Gasteiger charge is -2.14. The fourth-order valence-electron chi connectivity index (χ4n) is 2.44. The molecule has 3 aromatic rings. The number of pyridine rings is 1. The summed E-state index contributed by atoms with van der Waals surface area (Å²) in [7, 11) is 0. The van der Waals surface area contributed by atoms with Gasteiger partial charge in [-0.05, 0) is 43.0 Å². The molecule has 0 fully saturated rings. The number of fused-ring (bicyclic) bond motifs is 1. The van der Waals surface area contributed by atoms with Crippen LogP contribution in [0.1, 0.15) is 29.1 Å². The van der Waals surface area contributed by atoms with Gasteiger partial charge in [0.1, 0.15) is 0 Å². The molecule has 20 heavy (non-hydrogen) atoms. The van der Waals surface area contributed by atoms with Crippen LogP contribution < -0.4 is 5.32 Å². The highest BCUT2D eigenvalue weighted by molar-refractivity contribution is 7.10. The molecule has 0 saturated heterocycles. The Balaban J connectivity index is 1.84. The SMILES string of the molecule is Cc1cc(CN[C@H](C)c2cccs2)c2ccccc2n1. The minimum absolute atomic E-state index is 0.377. The lowest BCUT2D eigenvalue weighted by Crippen LogP contribution is -2.17. The van der Waals surface area contributed by atoms with Gasteiger partial charge in [-0.15, -0.1) is 11.3 Å². The second kappa shape index (κ2) is 5.73. The fraction of sp³-hybridized carbons (Fsp3) is 0.235. The number of benzene rings is 1. The minimum atomic E-state index is 0.377. The van der Waals surface area contributed by atoms with Crippen molar-refractivity contribution >= 4 is 22.2 Å². The number of hydrogen-bond acceptors (Lipinski definition) is 3. The van der Waals surface area contributed by atoms with Gasteiger partial charge in [0, 0.05) is 28.5 Å². The van der Waals surface area contributed by atoms with Gasteiger partial charge in [0.2, 0.25) is 0 Å². The van der Waals surface area contributed by atoms with Crippen molar-refractivity contribution in [1.29, 1.82) is 0 Å². The second-order valence-electron chi connectivity index (χ2n) is 5.06. The maximum Gasteiger partial charge on any atom is 0.0708 e. The number of aromatic nitrogens is 1. The number of rotatable bonds is 4. The summed E-state index contributed by atoms with van der Waals surface area (Å²) < 4.78 is 0. The third kappa shape index (κ3) is 2.74. The largest absolute Gasteiger partial charge is 0.305 e. The quantitative estimate of drug-likeness (QED) is 0.764. The molecule has 0 bridgehead atoms. The van der Waals surface area contributed by atoms with Crippen molar-refractivity contribution in [1.82, 2.24) is 10.3 Å². The van der Waals surface area contributed by atoms with E-state index in [-0.39, 0.29) is 0 Å². The molecule has 1 N–H and O–H groups in total. The summed E-state index contributed by atoms with van der Waals surface area (Å²) in [5.41, 5.74) is 3.47. The first kappa shape index (κ1) is 13.3. The molecule has 0 aliphatic heterocycles. The van der Waals surface area contributed by atoms with E-state index in [1.165, 1.54) is 15.8 Å². The van der Waals surface area contributed by atoms with E-state index in [1.54, 1.807) is 11.3 Å². The van der Waals surface area contributed by atoms with Crippen LogP contribution in [0.25, 0.3) is 10.9 Å². The summed E-state index contributed by atoms with van der Waals surface area (Å²) in [6.07, 6.45) is 0. The predicted molar refractivity (Wildman–Crippen MR) is 86.1 cm³/mol. The summed E-state index contributed by atoms with van der Waals surface area (Å²) >= 11 is 1.80. The van der Waals surface area contributed by atoms with E-state index in [0.29, 0.717) is 6.04 Å². The van der Waals surface area contributed by atoms with E-state index < -0.39 is 0 Å². The molecule has 0 unspecified atom stereocenters. The molecule has 0 saturated carbocycles. The molecule has 0 aliphatic rings. The van der Waals surface area contributed by atoms with E-state index in [0.717, 1.165) is 17.8 Å². The third-order valence-electron chi connectivity index (χ3n) is 3.50. The van der Waals surface area contributed by atoms with Gasteiger partial charge in [0.05, 0.1) is 5.52 Å². The molecular formula is C17H18N2S. The van der Waals surface area contributed by atoms with Gasteiger partial charge in [-0.1, -0.05) is 24.3 Å². The summed E-state index contributed by atoms with van der Waals surface area (Å²) in [5, 5.41) is 6.97. The molecule has 2 nitrogen and oxygen atoms in total. The zero-order valence-corrected chi connectivity index (χ0v) is 12.6. The molecule has 1 atom stereocenters. The lowest BCUT2D eigenvalue weighted by atomic mass is 10.1. The van der Waals surface area contributed by atoms with Crippen LogP contribution in [0.3, 0.4) is 0 Å². The number of nitrogens with zero attached hydrogens (tertiary/aromatic N) is 1. The second-order valence-corrected chi connectivity index (χ2v) is 6.04. The Morgan fingerprint density at radius 1 is 1.20 bits per heavy atom. The van der Waals surface area contributed by atoms with Crippen LogP contribution in [-0.4, -0.2) is 4.98 Å². The fourth-order valence-corrected chi connectivity index (χ4v) is 3.20. The molecule has 0 amide bonds. The Bertz CT molecular complexity index is 704. The van der Waals surface area contributed by atoms with Crippen molar-refractivity contribution < 1.29 is 0 Å². The Morgan fingerprint density at radius 2 is 2.05 bits per heavy atom. The average molecular weight is 282 g/mol. The van der Waals surface area contributed by atoms with Crippen molar-refractivity contribution in [2.24, 2.45) is 0 Å². The van der Waals surface area contributed by atoms with Crippen LogP contribution >= 0.6 is 11.3 Å². The van der Waals surface area contributed by atoms with Crippen LogP contribution in [0, 0.1) is 6.92 Å². The number of para-hydroxylation sites is 1. The standard InChI is InChI=1S/C17H18N2S/c1-12-10-14(15-6-3-4-7-16(15)19-12)11-18-13(2)17-8-5-9-20-17/h3-10,13,18H,11H2,1-2H3/t13-/m1/s1. The Morgan fingerprint density at radius 3 is 2.85 bits per heavy atom. The maximum absolute atomic E-state index is 4.59. The van der Waals surface area contributed by atoms with Crippen molar-refractivity contribution in [3.8, 4) is 0 Å². The monoisotopic (exact) mass is 282 g/mol. The highest BCUT2D eigenvalue weighted by Crippen LogP contribution is 2.21. The number of nitrogens with one attached hydrogen (secondary N) is 1. The van der Waals surface area contributed by atoms with Crippen molar-refractivity contribution in [2.45, 2.75) is 26.4 Å². The molecule has 102 valence electrons. The predicted octanol–water partition coefficient (Wildman–Crippen LogP) is 4.46. The first-order valence-electron chi connectivity index (χ1n) is 6.86. The summed E-state index contributed by atoms with van der Waals surface area (Å²) in [6.45, 7) is 5.13. The van der Waals surface area contributed by atoms with E-state index in [9.17, 15) is 0 Å². The van der Waals surface area contributed by atoms with E-state index in [2.05, 4.69) is 65.9 Å². The topological polar surface area (TPSA) is 24.9 Å². The van der Waals surface area contributed by atoms with E-state index >= 15 is 0 Å². The Kier molecular flexibility index (Phi) is 3.81. The van der Waals surface area contributed by atoms with Crippen molar-refractivity contribution in [3.05, 3.63) is 64.0 Å². The van der Waals surface area contributed by atoms with Gasteiger partial charge in [-0.2, -0.15) is 0 Å². The van der Waals surface area contributed by atoms with Crippen LogP contribution in [-0.2, 0) is 6.54 Å². The van der Waals surface area contributed by atoms with Gasteiger partial charge in [-0.25, -0.2) is 0 Å². The number of aryl methyl sites for hydroxylation is 1. The lowest BCUT2D eigenvalue weighted by molar-refractivity contribution is 0.584. The third-order valence-corrected chi connectivity index (χ3v) is 4.55. The molecule has 2 aromatic heterocycles. The molecule has 0 spiro atoms. The highest BCUT2D eigenvalue weighted by atomic mass is 32.1. The summed E-state index contributed by atoms with van der Waals surface area (Å²) in [5.74, 6) is 0.